The van der Waals surface area contributed by atoms with Gasteiger partial charge in [-0.2, -0.15) is 0 Å². The summed E-state index contributed by atoms with van der Waals surface area (Å²) >= 11 is -3.97. The van der Waals surface area contributed by atoms with E-state index in [0.717, 1.165) is 34.5 Å². The van der Waals surface area contributed by atoms with Crippen molar-refractivity contribution in [2.45, 2.75) is 41.5 Å². The molecule has 1 aliphatic heterocycles. The molecule has 4 aromatic carbocycles. The van der Waals surface area contributed by atoms with Gasteiger partial charge in [0, 0.05) is 0 Å². The Balaban J connectivity index is 1.82. The fraction of sp³-hybridized carbons (Fsp3) is 0.229. The molecule has 1 heterocycles. The standard InChI is InChI=1S/C21H26N2.C14H11NO.2ClH.Ru/c1-14-9-16(3)20(17(4)10-14)22-7-8-23(13-22)21-18(5)11-15(2)12-19(21)6;1-15(13-10-6-3-7-11-13)14(16)12-8-4-2-5-9-12;;;/h9-12H,7-8H2,1-6H3;1-11H;2*1H;/q;;;;+2/p-2. The van der Waals surface area contributed by atoms with E-state index in [1.807, 2.05) is 65.4 Å². The van der Waals surface area contributed by atoms with Crippen LogP contribution in [0.25, 0.3) is 0 Å². The van der Waals surface area contributed by atoms with E-state index in [1.54, 1.807) is 4.90 Å². The van der Waals surface area contributed by atoms with E-state index in [1.165, 1.54) is 33.4 Å². The zero-order valence-electron chi connectivity index (χ0n) is 24.9. The topological polar surface area (TPSA) is 26.8 Å². The maximum atomic E-state index is 14.0. The molecule has 0 atom stereocenters. The van der Waals surface area contributed by atoms with Gasteiger partial charge in [0.05, 0.1) is 0 Å². The van der Waals surface area contributed by atoms with E-state index >= 15 is 0 Å². The Hall–Kier alpha value is -3.11. The van der Waals surface area contributed by atoms with Gasteiger partial charge in [0.1, 0.15) is 0 Å². The van der Waals surface area contributed by atoms with Crippen LogP contribution in [0, 0.1) is 41.5 Å². The second-order valence-corrected chi connectivity index (χ2v) is 20.2. The summed E-state index contributed by atoms with van der Waals surface area (Å²) in [6, 6.07) is 27.7. The van der Waals surface area contributed by atoms with Gasteiger partial charge >= 0.3 is 261 Å². The summed E-state index contributed by atoms with van der Waals surface area (Å²) in [5, 5.41) is 0. The summed E-state index contributed by atoms with van der Waals surface area (Å²) in [7, 11) is 15.3. The van der Waals surface area contributed by atoms with E-state index in [-0.39, 0.29) is 5.91 Å². The van der Waals surface area contributed by atoms with E-state index in [2.05, 4.69) is 75.6 Å². The number of amides is 1. The molecule has 5 rings (SSSR count). The minimum absolute atomic E-state index is 0.171. The molecule has 7 heteroatoms. The van der Waals surface area contributed by atoms with Crippen LogP contribution in [0.15, 0.2) is 84.9 Å². The Kier molecular flexibility index (Phi) is 8.85. The number of nitrogens with zero attached hydrogens (tertiary/aromatic N) is 3. The van der Waals surface area contributed by atoms with Gasteiger partial charge in [-0.15, -0.1) is 0 Å². The summed E-state index contributed by atoms with van der Waals surface area (Å²) in [6.07, 6.45) is 0. The monoisotopic (exact) mass is 687 g/mol. The zero-order valence-corrected chi connectivity index (χ0v) is 28.2. The number of carbonyl (C=O) groups is 1. The van der Waals surface area contributed by atoms with Crippen LogP contribution in [0.2, 0.25) is 0 Å². The third kappa shape index (κ3) is 6.02. The molecule has 1 fully saturated rings. The number of benzene rings is 4. The van der Waals surface area contributed by atoms with Crippen LogP contribution in [-0.2, 0) is 11.9 Å². The molecule has 0 radical (unpaired) electrons. The molecule has 0 saturated carbocycles. The normalized spacial score (nSPS) is 13.9. The Bertz CT molecular complexity index is 1660. The van der Waals surface area contributed by atoms with Gasteiger partial charge in [-0.1, -0.05) is 0 Å². The molecule has 1 saturated heterocycles. The van der Waals surface area contributed by atoms with E-state index in [0.29, 0.717) is 5.56 Å². The van der Waals surface area contributed by atoms with Crippen LogP contribution in [0.4, 0.5) is 17.1 Å². The first-order chi connectivity index (χ1) is 20.0. The summed E-state index contributed by atoms with van der Waals surface area (Å²) < 4.78 is 2.70. The first-order valence-electron chi connectivity index (χ1n) is 14.0. The number of halogens is 2. The van der Waals surface area contributed by atoms with Crippen LogP contribution in [0.3, 0.4) is 0 Å². The van der Waals surface area contributed by atoms with Gasteiger partial charge in [0.25, 0.3) is 0 Å². The molecule has 0 N–H and O–H groups in total. The second kappa shape index (κ2) is 12.2. The van der Waals surface area contributed by atoms with E-state index in [9.17, 15) is 4.79 Å². The molecule has 0 spiro atoms. The van der Waals surface area contributed by atoms with E-state index in [4.69, 9.17) is 19.4 Å². The number of hydrogen-bond donors (Lipinski definition) is 0. The fourth-order valence-corrected chi connectivity index (χ4v) is 11.8. The molecule has 220 valence electrons. The number of para-hydroxylation sites is 1. The molecule has 4 aromatic rings. The molecular formula is C35H37Cl2N3ORu. The number of rotatable bonds is 5. The van der Waals surface area contributed by atoms with Crippen LogP contribution in [0.5, 0.6) is 0 Å². The first kappa shape index (κ1) is 30.4. The van der Waals surface area contributed by atoms with Crippen molar-refractivity contribution in [2.75, 3.05) is 27.8 Å². The molecule has 0 aliphatic carbocycles. The van der Waals surface area contributed by atoms with Crippen molar-refractivity contribution in [1.82, 2.24) is 0 Å². The van der Waals surface area contributed by atoms with Crippen LogP contribution in [-0.4, -0.2) is 28.1 Å². The molecule has 1 amide bonds. The van der Waals surface area contributed by atoms with Gasteiger partial charge in [0.2, 0.25) is 0 Å². The molecule has 0 aromatic heterocycles. The van der Waals surface area contributed by atoms with Gasteiger partial charge < -0.3 is 0 Å². The van der Waals surface area contributed by atoms with Gasteiger partial charge in [-0.3, -0.25) is 0 Å². The Morgan fingerprint density at radius 3 is 1.52 bits per heavy atom. The van der Waals surface area contributed by atoms with Crippen molar-refractivity contribution < 1.29 is 16.7 Å². The molecule has 0 unspecified atom stereocenters. The van der Waals surface area contributed by atoms with Gasteiger partial charge in [0.15, 0.2) is 0 Å². The predicted octanol–water partition coefficient (Wildman–Crippen LogP) is 8.52. The molecule has 1 aliphatic rings. The fourth-order valence-electron chi connectivity index (χ4n) is 6.05. The minimum atomic E-state index is -3.97. The zero-order chi connectivity index (χ0) is 30.2. The quantitative estimate of drug-likeness (QED) is 0.197. The van der Waals surface area contributed by atoms with E-state index < -0.39 is 11.9 Å². The summed E-state index contributed by atoms with van der Waals surface area (Å²) in [5.41, 5.74) is 10.7. The van der Waals surface area contributed by atoms with Crippen molar-refractivity contribution in [1.29, 1.82) is 0 Å². The maximum absolute atomic E-state index is 14.0. The van der Waals surface area contributed by atoms with Crippen molar-refractivity contribution in [3.8, 4) is 0 Å². The van der Waals surface area contributed by atoms with Crippen molar-refractivity contribution in [2.24, 2.45) is 0 Å². The molecule has 4 nitrogen and oxygen atoms in total. The number of aryl methyl sites for hydroxylation is 6. The summed E-state index contributed by atoms with van der Waals surface area (Å²) in [5.74, 6) is -0.171. The Labute approximate surface area is 260 Å². The number of hydrogen-bond acceptors (Lipinski definition) is 3. The van der Waals surface area contributed by atoms with Crippen molar-refractivity contribution in [3.63, 3.8) is 0 Å². The van der Waals surface area contributed by atoms with Crippen molar-refractivity contribution in [3.05, 3.63) is 124 Å². The third-order valence-corrected chi connectivity index (χ3v) is 12.7. The van der Waals surface area contributed by atoms with Crippen molar-refractivity contribution >= 4 is 51.4 Å². The van der Waals surface area contributed by atoms with Gasteiger partial charge in [-0.05, 0) is 0 Å². The average molecular weight is 688 g/mol. The van der Waals surface area contributed by atoms with Crippen LogP contribution in [0.1, 0.15) is 43.7 Å². The second-order valence-electron chi connectivity index (χ2n) is 11.0. The molecule has 0 bridgehead atoms. The number of anilines is 3. The first-order valence-corrected chi connectivity index (χ1v) is 20.3. The average Bonchev–Trinajstić information content (AvgIpc) is 3.36. The van der Waals surface area contributed by atoms with Crippen LogP contribution >= 0.6 is 19.4 Å². The summed E-state index contributed by atoms with van der Waals surface area (Å²) in [6.45, 7) is 14.3. The number of carbonyl (C=O) groups excluding carboxylic acids is 1. The SMILES string of the molecule is Cc1cc(C)c(N2CCN(c3c(C)cc(C)cc3C)[C]2=[Ru]([Cl])([Cl])=[CH]N(C(=O)c2ccccc2)c2ccccc2)c(C)c1. The van der Waals surface area contributed by atoms with Gasteiger partial charge in [-0.25, -0.2) is 0 Å². The van der Waals surface area contributed by atoms with Crippen LogP contribution < -0.4 is 14.7 Å². The third-order valence-electron chi connectivity index (χ3n) is 7.48. The molecule has 42 heavy (non-hydrogen) atoms. The summed E-state index contributed by atoms with van der Waals surface area (Å²) in [4.78, 5) is 20.3. The molecular weight excluding hydrogens is 650 g/mol. The Morgan fingerprint density at radius 2 is 1.10 bits per heavy atom. The predicted molar refractivity (Wildman–Crippen MR) is 178 cm³/mol. The Morgan fingerprint density at radius 1 is 0.690 bits per heavy atom.